The van der Waals surface area contributed by atoms with E-state index in [4.69, 9.17) is 9.47 Å². The third-order valence-corrected chi connectivity index (χ3v) is 8.75. The maximum atomic E-state index is 12.8. The smallest absolute Gasteiger partial charge is 0.243 e. The van der Waals surface area contributed by atoms with Gasteiger partial charge in [0.05, 0.1) is 16.9 Å². The fraction of sp³-hybridized carbons (Fsp3) is 0.400. The first-order valence-electron chi connectivity index (χ1n) is 9.58. The van der Waals surface area contributed by atoms with Crippen LogP contribution in [0, 0.1) is 0 Å². The minimum atomic E-state index is -3.76. The molecule has 8 nitrogen and oxygen atoms in total. The molecule has 0 aliphatic carbocycles. The second-order valence-electron chi connectivity index (χ2n) is 6.93. The summed E-state index contributed by atoms with van der Waals surface area (Å²) < 4.78 is 64.0. The van der Waals surface area contributed by atoms with Crippen molar-refractivity contribution in [2.24, 2.45) is 0 Å². The number of hydrogen-bond donors (Lipinski definition) is 0. The van der Waals surface area contributed by atoms with Crippen molar-refractivity contribution in [3.63, 3.8) is 0 Å². The molecule has 0 radical (unpaired) electrons. The average molecular weight is 455 g/mol. The van der Waals surface area contributed by atoms with Crippen molar-refractivity contribution in [1.82, 2.24) is 8.61 Å². The van der Waals surface area contributed by atoms with Crippen molar-refractivity contribution in [2.75, 3.05) is 40.4 Å². The van der Waals surface area contributed by atoms with Crippen LogP contribution in [0.4, 0.5) is 0 Å². The molecule has 1 heterocycles. The lowest BCUT2D eigenvalue weighted by Gasteiger charge is -2.19. The molecule has 10 heteroatoms. The lowest BCUT2D eigenvalue weighted by atomic mass is 10.3. The number of nitrogens with zero attached hydrogens (tertiary/aromatic N) is 2. The summed E-state index contributed by atoms with van der Waals surface area (Å²) in [4.78, 5) is 0.142. The molecule has 0 aromatic heterocycles. The average Bonchev–Trinajstić information content (AvgIpc) is 3.30. The van der Waals surface area contributed by atoms with E-state index in [-0.39, 0.29) is 22.9 Å². The third kappa shape index (κ3) is 4.94. The maximum absolute atomic E-state index is 12.8. The van der Waals surface area contributed by atoms with Crippen molar-refractivity contribution in [1.29, 1.82) is 0 Å². The molecule has 1 aliphatic rings. The minimum Gasteiger partial charge on any atom is -0.497 e. The number of rotatable bonds is 9. The third-order valence-electron chi connectivity index (χ3n) is 4.97. The first-order valence-corrected chi connectivity index (χ1v) is 12.5. The zero-order valence-electron chi connectivity index (χ0n) is 17.0. The Morgan fingerprint density at radius 3 is 1.97 bits per heavy atom. The van der Waals surface area contributed by atoms with Gasteiger partial charge in [0.25, 0.3) is 0 Å². The summed E-state index contributed by atoms with van der Waals surface area (Å²) in [5, 5.41) is 0. The van der Waals surface area contributed by atoms with Gasteiger partial charge in [-0.2, -0.15) is 8.61 Å². The Morgan fingerprint density at radius 1 is 0.867 bits per heavy atom. The monoisotopic (exact) mass is 454 g/mol. The molecule has 0 bridgehead atoms. The molecule has 164 valence electrons. The molecule has 1 saturated heterocycles. The van der Waals surface area contributed by atoms with E-state index >= 15 is 0 Å². The van der Waals surface area contributed by atoms with Gasteiger partial charge in [-0.3, -0.25) is 0 Å². The molecule has 0 N–H and O–H groups in total. The highest BCUT2D eigenvalue weighted by Crippen LogP contribution is 2.23. The van der Waals surface area contributed by atoms with E-state index in [9.17, 15) is 16.8 Å². The second kappa shape index (κ2) is 9.34. The molecule has 1 fully saturated rings. The molecule has 0 amide bonds. The molecule has 0 spiro atoms. The van der Waals surface area contributed by atoms with Crippen LogP contribution in [0.25, 0.3) is 0 Å². The van der Waals surface area contributed by atoms with Crippen LogP contribution in [0.1, 0.15) is 12.8 Å². The van der Waals surface area contributed by atoms with E-state index < -0.39 is 20.0 Å². The van der Waals surface area contributed by atoms with Gasteiger partial charge in [-0.25, -0.2) is 16.8 Å². The van der Waals surface area contributed by atoms with E-state index in [1.54, 1.807) is 31.4 Å². The van der Waals surface area contributed by atoms with Crippen LogP contribution in [-0.2, 0) is 20.0 Å². The Bertz CT molecular complexity index is 1050. The zero-order chi connectivity index (χ0) is 21.8. The van der Waals surface area contributed by atoms with Gasteiger partial charge in [-0.15, -0.1) is 0 Å². The molecule has 2 aromatic rings. The van der Waals surface area contributed by atoms with Crippen LogP contribution in [0.15, 0.2) is 58.3 Å². The first kappa shape index (κ1) is 22.5. The second-order valence-corrected chi connectivity index (χ2v) is 10.9. The van der Waals surface area contributed by atoms with Gasteiger partial charge in [-0.1, -0.05) is 0 Å². The van der Waals surface area contributed by atoms with E-state index in [1.165, 1.54) is 39.9 Å². The lowest BCUT2D eigenvalue weighted by Crippen LogP contribution is -2.31. The highest BCUT2D eigenvalue weighted by Gasteiger charge is 2.28. The Balaban J connectivity index is 1.62. The van der Waals surface area contributed by atoms with Gasteiger partial charge in [0.15, 0.2) is 0 Å². The molecule has 0 saturated carbocycles. The summed E-state index contributed by atoms with van der Waals surface area (Å²) >= 11 is 0. The molecule has 3 rings (SSSR count). The fourth-order valence-corrected chi connectivity index (χ4v) is 5.80. The van der Waals surface area contributed by atoms with Gasteiger partial charge in [-0.05, 0) is 61.4 Å². The molecule has 30 heavy (non-hydrogen) atoms. The Kier molecular flexibility index (Phi) is 7.02. The van der Waals surface area contributed by atoms with E-state index in [2.05, 4.69) is 0 Å². The normalized spacial score (nSPS) is 15.4. The quantitative estimate of drug-likeness (QED) is 0.577. The van der Waals surface area contributed by atoms with Crippen molar-refractivity contribution >= 4 is 20.0 Å². The maximum Gasteiger partial charge on any atom is 0.243 e. The van der Waals surface area contributed by atoms with Gasteiger partial charge >= 0.3 is 0 Å². The van der Waals surface area contributed by atoms with Crippen molar-refractivity contribution in [2.45, 2.75) is 22.6 Å². The van der Waals surface area contributed by atoms with Crippen LogP contribution < -0.4 is 9.47 Å². The van der Waals surface area contributed by atoms with Gasteiger partial charge in [0.1, 0.15) is 18.1 Å². The Morgan fingerprint density at radius 2 is 1.40 bits per heavy atom. The number of ether oxygens (including phenoxy) is 2. The fourth-order valence-electron chi connectivity index (χ4n) is 3.13. The standard InChI is InChI=1S/C20H26N2O6S2/c1-21(15-16-28-18-7-5-17(27-2)6-8-18)29(23,24)19-9-11-20(12-10-19)30(25,26)22-13-3-4-14-22/h5-12H,3-4,13-16H2,1-2H3. The van der Waals surface area contributed by atoms with E-state index in [0.717, 1.165) is 12.8 Å². The highest BCUT2D eigenvalue weighted by atomic mass is 32.2. The SMILES string of the molecule is COc1ccc(OCCN(C)S(=O)(=O)c2ccc(S(=O)(=O)N3CCCC3)cc2)cc1. The van der Waals surface area contributed by atoms with Crippen LogP contribution in [0.2, 0.25) is 0 Å². The van der Waals surface area contributed by atoms with Crippen molar-refractivity contribution in [3.05, 3.63) is 48.5 Å². The van der Waals surface area contributed by atoms with Crippen LogP contribution in [-0.4, -0.2) is 65.8 Å². The van der Waals surface area contributed by atoms with Crippen LogP contribution in [0.3, 0.4) is 0 Å². The summed E-state index contributed by atoms with van der Waals surface area (Å²) in [6, 6.07) is 12.4. The lowest BCUT2D eigenvalue weighted by molar-refractivity contribution is 0.286. The molecule has 1 aliphatic heterocycles. The molecule has 0 atom stereocenters. The van der Waals surface area contributed by atoms with Crippen molar-refractivity contribution < 1.29 is 26.3 Å². The zero-order valence-corrected chi connectivity index (χ0v) is 18.7. The molecule has 0 unspecified atom stereocenters. The van der Waals surface area contributed by atoms with Gasteiger partial charge in [0.2, 0.25) is 20.0 Å². The van der Waals surface area contributed by atoms with Crippen LogP contribution in [0.5, 0.6) is 11.5 Å². The Labute approximate surface area is 178 Å². The predicted molar refractivity (Wildman–Crippen MR) is 113 cm³/mol. The summed E-state index contributed by atoms with van der Waals surface area (Å²) in [5.74, 6) is 1.32. The summed E-state index contributed by atoms with van der Waals surface area (Å²) in [6.45, 7) is 1.31. The molecular formula is C20H26N2O6S2. The highest BCUT2D eigenvalue weighted by molar-refractivity contribution is 7.89. The van der Waals surface area contributed by atoms with Gasteiger partial charge < -0.3 is 9.47 Å². The number of benzene rings is 2. The largest absolute Gasteiger partial charge is 0.497 e. The first-order chi connectivity index (χ1) is 14.2. The van der Waals surface area contributed by atoms with E-state index in [0.29, 0.717) is 24.6 Å². The van der Waals surface area contributed by atoms with Crippen molar-refractivity contribution in [3.8, 4) is 11.5 Å². The number of methoxy groups -OCH3 is 1. The number of likely N-dealkylation sites (N-methyl/N-ethyl adjacent to an activating group) is 1. The Hall–Kier alpha value is -2.14. The number of hydrogen-bond acceptors (Lipinski definition) is 6. The topological polar surface area (TPSA) is 93.2 Å². The molecular weight excluding hydrogens is 428 g/mol. The summed E-state index contributed by atoms with van der Waals surface area (Å²) in [6.07, 6.45) is 1.68. The summed E-state index contributed by atoms with van der Waals surface area (Å²) in [7, 11) is -4.30. The molecule has 2 aromatic carbocycles. The van der Waals surface area contributed by atoms with Gasteiger partial charge in [0, 0.05) is 26.7 Å². The van der Waals surface area contributed by atoms with Crippen LogP contribution >= 0.6 is 0 Å². The summed E-state index contributed by atoms with van der Waals surface area (Å²) in [5.41, 5.74) is 0. The minimum absolute atomic E-state index is 0.0369. The van der Waals surface area contributed by atoms with E-state index in [1.807, 2.05) is 0 Å². The predicted octanol–water partition coefficient (Wildman–Crippen LogP) is 2.18. The number of sulfonamides is 2.